The van der Waals surface area contributed by atoms with E-state index >= 15 is 0 Å². The van der Waals surface area contributed by atoms with Crippen LogP contribution in [-0.2, 0) is 9.73 Å². The van der Waals surface area contributed by atoms with Gasteiger partial charge in [-0.25, -0.2) is 4.21 Å². The van der Waals surface area contributed by atoms with Gasteiger partial charge in [0, 0.05) is 12.5 Å². The smallest absolute Gasteiger partial charge is 0.330 e. The molecular weight excluding hydrogens is 176 g/mol. The number of aryl methyl sites for hydroxylation is 2. The second kappa shape index (κ2) is 2.90. The molecule has 0 bridgehead atoms. The fourth-order valence-electron chi connectivity index (χ4n) is 0.683. The highest BCUT2D eigenvalue weighted by Gasteiger charge is 2.04. The van der Waals surface area contributed by atoms with Crippen molar-refractivity contribution in [1.82, 2.24) is 4.98 Å². The lowest BCUT2D eigenvalue weighted by atomic mass is 10.4. The van der Waals surface area contributed by atoms with Crippen LogP contribution in [0.4, 0.5) is 6.01 Å². The zero-order valence-electron chi connectivity index (χ0n) is 7.62. The fraction of sp³-hybridized carbons (Fsp3) is 0.571. The Hall–Kier alpha value is -0.840. The molecule has 12 heavy (non-hydrogen) atoms. The molecule has 5 heteroatoms. The minimum Gasteiger partial charge on any atom is -0.427 e. The first-order valence-corrected chi connectivity index (χ1v) is 5.83. The summed E-state index contributed by atoms with van der Waals surface area (Å²) in [4.78, 5) is 3.98. The van der Waals surface area contributed by atoms with Crippen LogP contribution in [0.15, 0.2) is 8.78 Å². The quantitative estimate of drug-likeness (QED) is 0.673. The first-order chi connectivity index (χ1) is 5.38. The summed E-state index contributed by atoms with van der Waals surface area (Å²) in [6.07, 6.45) is 3.09. The molecule has 1 heterocycles. The number of nitrogens with zero attached hydrogens (tertiary/aromatic N) is 2. The Labute approximate surface area is 72.2 Å². The predicted octanol–water partition coefficient (Wildman–Crippen LogP) is 1.65. The maximum atomic E-state index is 11.2. The van der Waals surface area contributed by atoms with Crippen LogP contribution >= 0.6 is 0 Å². The van der Waals surface area contributed by atoms with Crippen molar-refractivity contribution in [3.8, 4) is 0 Å². The zero-order valence-corrected chi connectivity index (χ0v) is 8.44. The number of rotatable bonds is 1. The highest BCUT2D eigenvalue weighted by atomic mass is 32.2. The molecule has 0 saturated heterocycles. The van der Waals surface area contributed by atoms with Crippen molar-refractivity contribution in [2.75, 3.05) is 12.5 Å². The van der Waals surface area contributed by atoms with Gasteiger partial charge in [-0.05, 0) is 13.8 Å². The standard InChI is InChI=1S/C7H12N2O2S/c1-5-6(2)11-7(8-5)9-12(3,4)10/h1-4H3. The Morgan fingerprint density at radius 3 is 2.33 bits per heavy atom. The summed E-state index contributed by atoms with van der Waals surface area (Å²) < 4.78 is 20.2. The lowest BCUT2D eigenvalue weighted by molar-refractivity contribution is 0.537. The number of hydrogen-bond donors (Lipinski definition) is 0. The van der Waals surface area contributed by atoms with Gasteiger partial charge in [0.05, 0.1) is 15.4 Å². The summed E-state index contributed by atoms with van der Waals surface area (Å²) in [5.41, 5.74) is 0.789. The maximum absolute atomic E-state index is 11.2. The highest BCUT2D eigenvalue weighted by Crippen LogP contribution is 2.16. The van der Waals surface area contributed by atoms with Crippen LogP contribution in [0.1, 0.15) is 11.5 Å². The Morgan fingerprint density at radius 2 is 2.00 bits per heavy atom. The number of oxazole rings is 1. The van der Waals surface area contributed by atoms with Gasteiger partial charge in [0.1, 0.15) is 5.76 Å². The molecule has 1 aromatic heterocycles. The van der Waals surface area contributed by atoms with Crippen molar-refractivity contribution >= 4 is 15.7 Å². The van der Waals surface area contributed by atoms with Crippen molar-refractivity contribution in [3.05, 3.63) is 11.5 Å². The van der Waals surface area contributed by atoms with Gasteiger partial charge in [-0.1, -0.05) is 0 Å². The summed E-state index contributed by atoms with van der Waals surface area (Å²) in [5.74, 6) is 0.720. The lowest BCUT2D eigenvalue weighted by Crippen LogP contribution is -1.88. The second-order valence-electron chi connectivity index (χ2n) is 2.91. The average Bonchev–Trinajstić information content (AvgIpc) is 2.07. The molecule has 0 spiro atoms. The first-order valence-electron chi connectivity index (χ1n) is 3.49. The Morgan fingerprint density at radius 1 is 1.42 bits per heavy atom. The molecule has 1 rings (SSSR count). The van der Waals surface area contributed by atoms with E-state index < -0.39 is 9.73 Å². The molecule has 68 valence electrons. The number of hydrogen-bond acceptors (Lipinski definition) is 4. The Bertz CT molecular complexity index is 372. The maximum Gasteiger partial charge on any atom is 0.330 e. The first kappa shape index (κ1) is 9.25. The van der Waals surface area contributed by atoms with E-state index in [4.69, 9.17) is 4.42 Å². The molecule has 0 aliphatic carbocycles. The van der Waals surface area contributed by atoms with Crippen molar-refractivity contribution in [2.45, 2.75) is 13.8 Å². The third kappa shape index (κ3) is 2.34. The van der Waals surface area contributed by atoms with Gasteiger partial charge >= 0.3 is 6.01 Å². The summed E-state index contributed by atoms with van der Waals surface area (Å²) in [6.45, 7) is 3.62. The van der Waals surface area contributed by atoms with E-state index in [1.165, 1.54) is 0 Å². The van der Waals surface area contributed by atoms with Gasteiger partial charge in [-0.3, -0.25) is 0 Å². The van der Waals surface area contributed by atoms with Crippen LogP contribution in [0.2, 0.25) is 0 Å². The number of aromatic nitrogens is 1. The average molecular weight is 188 g/mol. The van der Waals surface area contributed by atoms with Gasteiger partial charge in [-0.2, -0.15) is 4.98 Å². The minimum absolute atomic E-state index is 0.208. The van der Waals surface area contributed by atoms with E-state index in [0.717, 1.165) is 11.5 Å². The normalized spacial score (nSPS) is 11.7. The van der Waals surface area contributed by atoms with E-state index in [1.54, 1.807) is 19.4 Å². The molecule has 4 nitrogen and oxygen atoms in total. The van der Waals surface area contributed by atoms with Gasteiger partial charge in [0.2, 0.25) is 0 Å². The Kier molecular flexibility index (Phi) is 2.23. The summed E-state index contributed by atoms with van der Waals surface area (Å²) in [7, 11) is -2.16. The monoisotopic (exact) mass is 188 g/mol. The van der Waals surface area contributed by atoms with Crippen LogP contribution in [0.25, 0.3) is 0 Å². The molecular formula is C7H12N2O2S. The summed E-state index contributed by atoms with van der Waals surface area (Å²) >= 11 is 0. The third-order valence-electron chi connectivity index (χ3n) is 1.32. The van der Waals surface area contributed by atoms with Crippen molar-refractivity contribution in [1.29, 1.82) is 0 Å². The molecule has 0 N–H and O–H groups in total. The molecule has 1 aromatic rings. The van der Waals surface area contributed by atoms with Crippen molar-refractivity contribution in [3.63, 3.8) is 0 Å². The van der Waals surface area contributed by atoms with E-state index in [-0.39, 0.29) is 6.01 Å². The minimum atomic E-state index is -2.16. The SMILES string of the molecule is Cc1nc(N=S(C)(C)=O)oc1C. The zero-order chi connectivity index (χ0) is 9.35. The van der Waals surface area contributed by atoms with E-state index in [1.807, 2.05) is 6.92 Å². The second-order valence-corrected chi connectivity index (χ2v) is 5.46. The molecule has 0 radical (unpaired) electrons. The molecule has 0 atom stereocenters. The lowest BCUT2D eigenvalue weighted by Gasteiger charge is -1.88. The van der Waals surface area contributed by atoms with Gasteiger partial charge in [0.15, 0.2) is 0 Å². The van der Waals surface area contributed by atoms with Gasteiger partial charge < -0.3 is 4.42 Å². The van der Waals surface area contributed by atoms with Gasteiger partial charge in [0.25, 0.3) is 0 Å². The van der Waals surface area contributed by atoms with E-state index in [0.29, 0.717) is 0 Å². The summed E-state index contributed by atoms with van der Waals surface area (Å²) in [6, 6.07) is 0.208. The molecule has 0 saturated carbocycles. The highest BCUT2D eigenvalue weighted by molar-refractivity contribution is 7.92. The molecule has 0 amide bonds. The molecule has 0 fully saturated rings. The van der Waals surface area contributed by atoms with Crippen LogP contribution < -0.4 is 0 Å². The topological polar surface area (TPSA) is 55.5 Å². The van der Waals surface area contributed by atoms with Crippen molar-refractivity contribution in [2.24, 2.45) is 4.36 Å². The largest absolute Gasteiger partial charge is 0.427 e. The van der Waals surface area contributed by atoms with Crippen LogP contribution in [0.5, 0.6) is 0 Å². The van der Waals surface area contributed by atoms with Crippen LogP contribution in [-0.4, -0.2) is 21.7 Å². The third-order valence-corrected chi connectivity index (χ3v) is 1.91. The molecule has 0 aliphatic rings. The van der Waals surface area contributed by atoms with E-state index in [2.05, 4.69) is 9.35 Å². The molecule has 0 unspecified atom stereocenters. The van der Waals surface area contributed by atoms with Crippen LogP contribution in [0.3, 0.4) is 0 Å². The Balaban J connectivity index is 3.16. The van der Waals surface area contributed by atoms with E-state index in [9.17, 15) is 4.21 Å². The fourth-order valence-corrected chi connectivity index (χ4v) is 1.14. The van der Waals surface area contributed by atoms with Gasteiger partial charge in [-0.15, -0.1) is 4.36 Å². The molecule has 0 aromatic carbocycles. The van der Waals surface area contributed by atoms with Crippen molar-refractivity contribution < 1.29 is 8.63 Å². The summed E-state index contributed by atoms with van der Waals surface area (Å²) in [5, 5.41) is 0. The van der Waals surface area contributed by atoms with Crippen LogP contribution in [0, 0.1) is 13.8 Å². The predicted molar refractivity (Wildman–Crippen MR) is 48.1 cm³/mol. The molecule has 0 aliphatic heterocycles.